The first kappa shape index (κ1) is 23.5. The molecule has 1 aliphatic heterocycles. The van der Waals surface area contributed by atoms with Gasteiger partial charge in [0.15, 0.2) is 11.5 Å². The number of methoxy groups -OCH3 is 3. The molecule has 0 radical (unpaired) electrons. The van der Waals surface area contributed by atoms with Gasteiger partial charge in [-0.1, -0.05) is 11.6 Å². The zero-order valence-electron chi connectivity index (χ0n) is 17.7. The van der Waals surface area contributed by atoms with Crippen LogP contribution in [0.2, 0.25) is 5.02 Å². The van der Waals surface area contributed by atoms with Gasteiger partial charge >= 0.3 is 6.18 Å². The number of halogens is 4. The predicted molar refractivity (Wildman–Crippen MR) is 113 cm³/mol. The Kier molecular flexibility index (Phi) is 7.56. The summed E-state index contributed by atoms with van der Waals surface area (Å²) in [5.74, 6) is 1.40. The molecule has 0 aliphatic carbocycles. The summed E-state index contributed by atoms with van der Waals surface area (Å²) in [6.07, 6.45) is -3.63. The van der Waals surface area contributed by atoms with Crippen LogP contribution in [0.15, 0.2) is 30.3 Å². The van der Waals surface area contributed by atoms with E-state index in [4.69, 9.17) is 25.8 Å². The van der Waals surface area contributed by atoms with Crippen LogP contribution < -0.4 is 19.5 Å². The number of alkyl halides is 3. The van der Waals surface area contributed by atoms with E-state index in [0.29, 0.717) is 48.0 Å². The molecule has 0 amide bonds. The van der Waals surface area contributed by atoms with Crippen molar-refractivity contribution >= 4 is 11.6 Å². The van der Waals surface area contributed by atoms with Gasteiger partial charge in [0.1, 0.15) is 5.75 Å². The molecular weight excluding hydrogens is 433 g/mol. The second-order valence-corrected chi connectivity index (χ2v) is 7.63. The van der Waals surface area contributed by atoms with Crippen LogP contribution in [0.3, 0.4) is 0 Å². The molecule has 5 nitrogen and oxygen atoms in total. The molecule has 9 heteroatoms. The van der Waals surface area contributed by atoms with E-state index >= 15 is 0 Å². The maximum Gasteiger partial charge on any atom is 0.416 e. The maximum atomic E-state index is 13.5. The van der Waals surface area contributed by atoms with E-state index in [-0.39, 0.29) is 5.02 Å². The van der Waals surface area contributed by atoms with Gasteiger partial charge in [-0.3, -0.25) is 4.90 Å². The molecule has 0 bridgehead atoms. The summed E-state index contributed by atoms with van der Waals surface area (Å²) < 4.78 is 57.0. The fraction of sp³-hybridized carbons (Fsp3) is 0.455. The van der Waals surface area contributed by atoms with Crippen molar-refractivity contribution in [2.24, 2.45) is 0 Å². The summed E-state index contributed by atoms with van der Waals surface area (Å²) in [6.45, 7) is 2.86. The largest absolute Gasteiger partial charge is 0.496 e. The molecule has 1 N–H and O–H groups in total. The fourth-order valence-electron chi connectivity index (χ4n) is 3.88. The number of hydrogen-bond acceptors (Lipinski definition) is 5. The van der Waals surface area contributed by atoms with Crippen molar-refractivity contribution in [2.75, 3.05) is 47.5 Å². The summed E-state index contributed by atoms with van der Waals surface area (Å²) in [5.41, 5.74) is 0.275. The minimum Gasteiger partial charge on any atom is -0.496 e. The van der Waals surface area contributed by atoms with Gasteiger partial charge in [0.25, 0.3) is 0 Å². The molecule has 1 aliphatic rings. The highest BCUT2D eigenvalue weighted by Gasteiger charge is 2.34. The fourth-order valence-corrected chi connectivity index (χ4v) is 4.10. The van der Waals surface area contributed by atoms with Crippen molar-refractivity contribution in [1.29, 1.82) is 0 Å². The highest BCUT2D eigenvalue weighted by atomic mass is 35.5. The van der Waals surface area contributed by atoms with E-state index in [2.05, 4.69) is 10.2 Å². The van der Waals surface area contributed by atoms with Crippen molar-refractivity contribution in [3.8, 4) is 17.2 Å². The number of ether oxygens (including phenoxy) is 3. The van der Waals surface area contributed by atoms with E-state index in [0.717, 1.165) is 25.1 Å². The molecule has 0 aromatic heterocycles. The number of nitrogens with zero attached hydrogens (tertiary/aromatic N) is 1. The summed E-state index contributed by atoms with van der Waals surface area (Å²) in [6, 6.07) is 6.29. The van der Waals surface area contributed by atoms with Crippen LogP contribution in [0, 0.1) is 0 Å². The number of rotatable bonds is 6. The molecule has 0 saturated carbocycles. The Labute approximate surface area is 185 Å². The van der Waals surface area contributed by atoms with Crippen LogP contribution >= 0.6 is 11.6 Å². The summed E-state index contributed by atoms with van der Waals surface area (Å²) in [4.78, 5) is 2.12. The Morgan fingerprint density at radius 3 is 2.23 bits per heavy atom. The molecule has 2 aromatic rings. The van der Waals surface area contributed by atoms with Crippen molar-refractivity contribution in [2.45, 2.75) is 18.6 Å². The predicted octanol–water partition coefficient (Wildman–Crippen LogP) is 4.77. The van der Waals surface area contributed by atoms with Crippen LogP contribution in [0.25, 0.3) is 0 Å². The van der Waals surface area contributed by atoms with Gasteiger partial charge in [-0.2, -0.15) is 13.2 Å². The Hall–Kier alpha value is -2.16. The maximum absolute atomic E-state index is 13.5. The van der Waals surface area contributed by atoms with Gasteiger partial charge in [-0.05, 0) is 42.8 Å². The SMILES string of the molecule is COc1cc(OC)c(C(c2cc(C(F)(F)F)ccc2Cl)N2CCCNCC2)cc1OC. The third kappa shape index (κ3) is 5.19. The number of hydrogen-bond donors (Lipinski definition) is 1. The minimum absolute atomic E-state index is 0.257. The summed E-state index contributed by atoms with van der Waals surface area (Å²) in [5, 5.41) is 3.58. The van der Waals surface area contributed by atoms with Crippen molar-refractivity contribution in [3.05, 3.63) is 52.0 Å². The summed E-state index contributed by atoms with van der Waals surface area (Å²) >= 11 is 6.47. The quantitative estimate of drug-likeness (QED) is 0.675. The molecule has 170 valence electrons. The van der Waals surface area contributed by atoms with Crippen LogP contribution in [-0.4, -0.2) is 52.4 Å². The minimum atomic E-state index is -4.48. The van der Waals surface area contributed by atoms with Crippen molar-refractivity contribution < 1.29 is 27.4 Å². The van der Waals surface area contributed by atoms with Gasteiger partial charge in [0.05, 0.1) is 32.9 Å². The summed E-state index contributed by atoms with van der Waals surface area (Å²) in [7, 11) is 4.54. The van der Waals surface area contributed by atoms with E-state index in [1.54, 1.807) is 12.1 Å². The molecular formula is C22H26ClF3N2O3. The van der Waals surface area contributed by atoms with Gasteiger partial charge in [0.2, 0.25) is 0 Å². The monoisotopic (exact) mass is 458 g/mol. The molecule has 0 spiro atoms. The van der Waals surface area contributed by atoms with Crippen LogP contribution in [0.1, 0.15) is 29.2 Å². The van der Waals surface area contributed by atoms with Gasteiger partial charge in [-0.25, -0.2) is 0 Å². The normalized spacial score (nSPS) is 16.5. The Morgan fingerprint density at radius 2 is 1.58 bits per heavy atom. The van der Waals surface area contributed by atoms with Crippen molar-refractivity contribution in [3.63, 3.8) is 0 Å². The third-order valence-corrected chi connectivity index (χ3v) is 5.73. The Morgan fingerprint density at radius 1 is 0.903 bits per heavy atom. The lowest BCUT2D eigenvalue weighted by atomic mass is 9.93. The average Bonchev–Trinajstić information content (AvgIpc) is 3.03. The Bertz CT molecular complexity index is 900. The topological polar surface area (TPSA) is 43.0 Å². The number of nitrogens with one attached hydrogen (secondary N) is 1. The lowest BCUT2D eigenvalue weighted by Gasteiger charge is -2.33. The third-order valence-electron chi connectivity index (χ3n) is 5.39. The van der Waals surface area contributed by atoms with E-state index in [1.165, 1.54) is 27.4 Å². The molecule has 1 fully saturated rings. The van der Waals surface area contributed by atoms with E-state index in [9.17, 15) is 13.2 Å². The molecule has 1 saturated heterocycles. The average molecular weight is 459 g/mol. The first-order valence-electron chi connectivity index (χ1n) is 9.91. The van der Waals surface area contributed by atoms with E-state index in [1.807, 2.05) is 0 Å². The first-order chi connectivity index (χ1) is 14.8. The molecule has 31 heavy (non-hydrogen) atoms. The highest BCUT2D eigenvalue weighted by Crippen LogP contribution is 2.44. The molecule has 1 heterocycles. The Balaban J connectivity index is 2.24. The highest BCUT2D eigenvalue weighted by molar-refractivity contribution is 6.31. The molecule has 2 aromatic carbocycles. The lowest BCUT2D eigenvalue weighted by molar-refractivity contribution is -0.137. The van der Waals surface area contributed by atoms with Crippen LogP contribution in [0.4, 0.5) is 13.2 Å². The smallest absolute Gasteiger partial charge is 0.416 e. The van der Waals surface area contributed by atoms with Gasteiger partial charge in [0, 0.05) is 36.3 Å². The lowest BCUT2D eigenvalue weighted by Crippen LogP contribution is -2.33. The zero-order chi connectivity index (χ0) is 22.6. The second-order valence-electron chi connectivity index (χ2n) is 7.23. The van der Waals surface area contributed by atoms with E-state index < -0.39 is 17.8 Å². The first-order valence-corrected chi connectivity index (χ1v) is 10.3. The van der Waals surface area contributed by atoms with Crippen molar-refractivity contribution in [1.82, 2.24) is 10.2 Å². The molecule has 3 rings (SSSR count). The molecule has 1 atom stereocenters. The number of benzene rings is 2. The molecule has 1 unspecified atom stereocenters. The van der Waals surface area contributed by atoms with Crippen LogP contribution in [0.5, 0.6) is 17.2 Å². The van der Waals surface area contributed by atoms with Gasteiger partial charge < -0.3 is 19.5 Å². The second kappa shape index (κ2) is 9.97. The zero-order valence-corrected chi connectivity index (χ0v) is 18.4. The van der Waals surface area contributed by atoms with Crippen LogP contribution in [-0.2, 0) is 6.18 Å². The van der Waals surface area contributed by atoms with Gasteiger partial charge in [-0.15, -0.1) is 0 Å². The standard InChI is InChI=1S/C22H26ClF3N2O3/c1-29-18-13-20(31-3)19(30-2)12-16(18)21(28-9-4-7-27-8-10-28)15-11-14(22(24,25)26)5-6-17(15)23/h5-6,11-13,21,27H,4,7-10H2,1-3H3.